The summed E-state index contributed by atoms with van der Waals surface area (Å²) in [6.45, 7) is 3.69. The van der Waals surface area contributed by atoms with E-state index in [1.807, 2.05) is 44.2 Å². The van der Waals surface area contributed by atoms with Crippen LogP contribution in [0.5, 0.6) is 11.6 Å². The zero-order chi connectivity index (χ0) is 21.8. The Kier molecular flexibility index (Phi) is 5.76. The molecule has 0 aliphatic heterocycles. The molecule has 0 unspecified atom stereocenters. The smallest absolute Gasteiger partial charge is 0.337 e. The number of aromatic nitrogens is 4. The fraction of sp³-hybridized carbons (Fsp3) is 0.0952. The number of fused-ring (bicyclic) bond motifs is 1. The third kappa shape index (κ3) is 4.96. The second kappa shape index (κ2) is 8.80. The van der Waals surface area contributed by atoms with Crippen LogP contribution >= 0.6 is 11.6 Å². The van der Waals surface area contributed by atoms with Crippen molar-refractivity contribution in [2.75, 3.05) is 10.7 Å². The van der Waals surface area contributed by atoms with Crippen LogP contribution in [0.2, 0.25) is 5.02 Å². The fourth-order valence-corrected chi connectivity index (χ4v) is 3.12. The molecule has 0 fully saturated rings. The Balaban J connectivity index is 1.42. The Morgan fingerprint density at radius 3 is 2.58 bits per heavy atom. The number of anilines is 2. The molecule has 0 bridgehead atoms. The molecular formula is C21H18ClN7O2. The average Bonchev–Trinajstić information content (AvgIpc) is 2.74. The summed E-state index contributed by atoms with van der Waals surface area (Å²) in [6.07, 6.45) is 1.66. The highest BCUT2D eigenvalue weighted by atomic mass is 35.5. The summed E-state index contributed by atoms with van der Waals surface area (Å²) < 4.78 is 5.85. The molecule has 2 heterocycles. The zero-order valence-electron chi connectivity index (χ0n) is 16.7. The van der Waals surface area contributed by atoms with E-state index >= 15 is 0 Å². The summed E-state index contributed by atoms with van der Waals surface area (Å²) in [5, 5.41) is 12.7. The van der Waals surface area contributed by atoms with E-state index < -0.39 is 6.03 Å². The van der Waals surface area contributed by atoms with Gasteiger partial charge in [0, 0.05) is 27.8 Å². The maximum atomic E-state index is 12.2. The van der Waals surface area contributed by atoms with Gasteiger partial charge < -0.3 is 10.1 Å². The lowest BCUT2D eigenvalue weighted by molar-refractivity contribution is 0.253. The van der Waals surface area contributed by atoms with Crippen molar-refractivity contribution in [2.45, 2.75) is 13.8 Å². The molecule has 2 aromatic carbocycles. The molecule has 10 heteroatoms. The molecule has 156 valence electrons. The Hall–Kier alpha value is -3.98. The molecule has 9 nitrogen and oxygen atoms in total. The van der Waals surface area contributed by atoms with Crippen molar-refractivity contribution < 1.29 is 9.53 Å². The van der Waals surface area contributed by atoms with E-state index in [9.17, 15) is 4.79 Å². The summed E-state index contributed by atoms with van der Waals surface area (Å²) in [6, 6.07) is 13.8. The van der Waals surface area contributed by atoms with Crippen LogP contribution in [0.4, 0.5) is 16.4 Å². The number of hydrogen-bond acceptors (Lipinski definition) is 7. The lowest BCUT2D eigenvalue weighted by atomic mass is 10.2. The van der Waals surface area contributed by atoms with Crippen LogP contribution in [-0.2, 0) is 0 Å². The molecule has 4 rings (SSSR count). The van der Waals surface area contributed by atoms with E-state index in [2.05, 4.69) is 36.3 Å². The number of carbonyl (C=O) groups excluding carboxylic acids is 1. The SMILES string of the molecule is Cc1cc(C)nc(NNC(=O)Nc2ccc(Oc3nncc4ccccc34)c(Cl)c2)n1. The first-order chi connectivity index (χ1) is 15.0. The number of aryl methyl sites for hydroxylation is 2. The van der Waals surface area contributed by atoms with Gasteiger partial charge in [-0.1, -0.05) is 29.8 Å². The molecule has 31 heavy (non-hydrogen) atoms. The van der Waals surface area contributed by atoms with Crippen LogP contribution in [0.15, 0.2) is 54.7 Å². The van der Waals surface area contributed by atoms with Gasteiger partial charge in [-0.2, -0.15) is 5.10 Å². The van der Waals surface area contributed by atoms with E-state index in [1.54, 1.807) is 24.4 Å². The minimum absolute atomic E-state index is 0.297. The number of rotatable bonds is 5. The van der Waals surface area contributed by atoms with Gasteiger partial charge in [0.15, 0.2) is 0 Å². The molecule has 0 aliphatic rings. The number of carbonyl (C=O) groups is 1. The van der Waals surface area contributed by atoms with Crippen LogP contribution in [-0.4, -0.2) is 26.2 Å². The lowest BCUT2D eigenvalue weighted by Gasteiger charge is -2.12. The predicted octanol–water partition coefficient (Wildman–Crippen LogP) is 4.63. The quantitative estimate of drug-likeness (QED) is 0.391. The van der Waals surface area contributed by atoms with Crippen LogP contribution in [0.25, 0.3) is 10.8 Å². The number of amides is 2. The van der Waals surface area contributed by atoms with Crippen molar-refractivity contribution in [3.8, 4) is 11.6 Å². The Labute approximate surface area is 182 Å². The van der Waals surface area contributed by atoms with E-state index in [4.69, 9.17) is 16.3 Å². The number of halogens is 1. The second-order valence-corrected chi connectivity index (χ2v) is 7.07. The van der Waals surface area contributed by atoms with Crippen molar-refractivity contribution in [1.29, 1.82) is 0 Å². The summed E-state index contributed by atoms with van der Waals surface area (Å²) in [5.41, 5.74) is 7.19. The molecule has 0 spiro atoms. The van der Waals surface area contributed by atoms with E-state index in [1.165, 1.54) is 0 Å². The third-order valence-corrected chi connectivity index (χ3v) is 4.50. The van der Waals surface area contributed by atoms with Gasteiger partial charge in [0.2, 0.25) is 11.8 Å². The van der Waals surface area contributed by atoms with Gasteiger partial charge in [-0.05, 0) is 44.2 Å². The van der Waals surface area contributed by atoms with E-state index in [-0.39, 0.29) is 0 Å². The third-order valence-electron chi connectivity index (χ3n) is 4.20. The summed E-state index contributed by atoms with van der Waals surface area (Å²) in [7, 11) is 0. The first kappa shape index (κ1) is 20.3. The highest BCUT2D eigenvalue weighted by Gasteiger charge is 2.11. The number of urea groups is 1. The number of benzene rings is 2. The van der Waals surface area contributed by atoms with E-state index in [0.29, 0.717) is 28.3 Å². The van der Waals surface area contributed by atoms with Gasteiger partial charge in [0.25, 0.3) is 0 Å². The van der Waals surface area contributed by atoms with Crippen molar-refractivity contribution in [2.24, 2.45) is 0 Å². The van der Waals surface area contributed by atoms with Crippen molar-refractivity contribution in [3.05, 3.63) is 71.1 Å². The molecule has 0 radical (unpaired) electrons. The van der Waals surface area contributed by atoms with Crippen LogP contribution in [0.3, 0.4) is 0 Å². The van der Waals surface area contributed by atoms with Gasteiger partial charge in [-0.15, -0.1) is 5.10 Å². The molecule has 2 aromatic heterocycles. The summed E-state index contributed by atoms with van der Waals surface area (Å²) in [4.78, 5) is 20.5. The van der Waals surface area contributed by atoms with Crippen molar-refractivity contribution in [1.82, 2.24) is 25.6 Å². The average molecular weight is 436 g/mol. The molecule has 4 aromatic rings. The molecule has 2 amide bonds. The first-order valence-corrected chi connectivity index (χ1v) is 9.69. The highest BCUT2D eigenvalue weighted by molar-refractivity contribution is 6.32. The summed E-state index contributed by atoms with van der Waals surface area (Å²) in [5.74, 6) is 1.03. The van der Waals surface area contributed by atoms with Gasteiger partial charge in [0.1, 0.15) is 5.75 Å². The Morgan fingerprint density at radius 1 is 1.03 bits per heavy atom. The number of nitrogens with one attached hydrogen (secondary N) is 3. The predicted molar refractivity (Wildman–Crippen MR) is 118 cm³/mol. The van der Waals surface area contributed by atoms with Gasteiger partial charge in [-0.25, -0.2) is 20.2 Å². The van der Waals surface area contributed by atoms with Crippen molar-refractivity contribution in [3.63, 3.8) is 0 Å². The van der Waals surface area contributed by atoms with Crippen LogP contribution in [0, 0.1) is 13.8 Å². The molecule has 0 saturated carbocycles. The fourth-order valence-electron chi connectivity index (χ4n) is 2.90. The Morgan fingerprint density at radius 2 is 1.81 bits per heavy atom. The first-order valence-electron chi connectivity index (χ1n) is 9.31. The van der Waals surface area contributed by atoms with Gasteiger partial charge >= 0.3 is 6.03 Å². The molecule has 0 atom stereocenters. The Bertz CT molecular complexity index is 1240. The lowest BCUT2D eigenvalue weighted by Crippen LogP contribution is -2.34. The zero-order valence-corrected chi connectivity index (χ0v) is 17.4. The maximum Gasteiger partial charge on any atom is 0.337 e. The van der Waals surface area contributed by atoms with Crippen LogP contribution < -0.4 is 20.9 Å². The maximum absolute atomic E-state index is 12.2. The number of nitrogens with zero attached hydrogens (tertiary/aromatic N) is 4. The monoisotopic (exact) mass is 435 g/mol. The van der Waals surface area contributed by atoms with Crippen molar-refractivity contribution >= 4 is 40.0 Å². The largest absolute Gasteiger partial charge is 0.435 e. The molecule has 0 aliphatic carbocycles. The van der Waals surface area contributed by atoms with E-state index in [0.717, 1.165) is 22.2 Å². The molecule has 3 N–H and O–H groups in total. The topological polar surface area (TPSA) is 114 Å². The van der Waals surface area contributed by atoms with Crippen LogP contribution in [0.1, 0.15) is 11.4 Å². The second-order valence-electron chi connectivity index (χ2n) is 6.66. The minimum Gasteiger partial charge on any atom is -0.435 e. The summed E-state index contributed by atoms with van der Waals surface area (Å²) >= 11 is 6.34. The molecular weight excluding hydrogens is 418 g/mol. The van der Waals surface area contributed by atoms with Gasteiger partial charge in [0.05, 0.1) is 11.2 Å². The number of hydrazine groups is 1. The number of hydrogen-bond donors (Lipinski definition) is 3. The minimum atomic E-state index is -0.507. The van der Waals surface area contributed by atoms with Gasteiger partial charge in [-0.3, -0.25) is 5.43 Å². The highest BCUT2D eigenvalue weighted by Crippen LogP contribution is 2.33. The number of ether oxygens (including phenoxy) is 1. The standard InChI is InChI=1S/C21H18ClN7O2/c1-12-9-13(2)25-20(24-12)28-29-21(30)26-15-7-8-18(17(22)10-15)31-19-16-6-4-3-5-14(16)11-23-27-19/h3-11H,1-2H3,(H,24,25,28)(H2,26,29,30). The molecule has 0 saturated heterocycles. The normalized spacial score (nSPS) is 10.5.